The predicted octanol–water partition coefficient (Wildman–Crippen LogP) is 2.77. The zero-order valence-corrected chi connectivity index (χ0v) is 9.29. The fourth-order valence-corrected chi connectivity index (χ4v) is 1.41. The quantitative estimate of drug-likeness (QED) is 0.829. The monoisotopic (exact) mass is 244 g/mol. The second kappa shape index (κ2) is 5.07. The highest BCUT2D eigenvalue weighted by atomic mass is 35.5. The van der Waals surface area contributed by atoms with Crippen LogP contribution < -0.4 is 0 Å². The number of hydrogen-bond donors (Lipinski definition) is 1. The molecule has 0 amide bonds. The van der Waals surface area contributed by atoms with Crippen molar-refractivity contribution in [2.75, 3.05) is 0 Å². The van der Waals surface area contributed by atoms with Gasteiger partial charge in [0.2, 0.25) is 0 Å². The van der Waals surface area contributed by atoms with E-state index in [1.807, 2.05) is 0 Å². The molecule has 0 aliphatic rings. The van der Waals surface area contributed by atoms with E-state index >= 15 is 0 Å². The van der Waals surface area contributed by atoms with Crippen LogP contribution in [-0.2, 0) is 4.79 Å². The van der Waals surface area contributed by atoms with Gasteiger partial charge in [-0.05, 0) is 18.2 Å². The maximum Gasteiger partial charge on any atom is 0.304 e. The van der Waals surface area contributed by atoms with Crippen LogP contribution in [0.3, 0.4) is 0 Å². The topological polar surface area (TPSA) is 54.4 Å². The summed E-state index contributed by atoms with van der Waals surface area (Å²) in [5.74, 6) is -2.83. The van der Waals surface area contributed by atoms with Crippen molar-refractivity contribution in [2.24, 2.45) is 5.92 Å². The molecular formula is C11H10ClFO3. The van der Waals surface area contributed by atoms with E-state index in [4.69, 9.17) is 16.7 Å². The number of halogens is 2. The predicted molar refractivity (Wildman–Crippen MR) is 57.2 cm³/mol. The Balaban J connectivity index is 2.88. The maximum atomic E-state index is 13.1. The first-order chi connectivity index (χ1) is 7.41. The molecule has 1 rings (SSSR count). The van der Waals surface area contributed by atoms with Crippen molar-refractivity contribution in [3.63, 3.8) is 0 Å². The molecule has 1 aromatic rings. The van der Waals surface area contributed by atoms with Crippen molar-refractivity contribution in [1.29, 1.82) is 0 Å². The van der Waals surface area contributed by atoms with E-state index in [-0.39, 0.29) is 17.0 Å². The molecule has 16 heavy (non-hydrogen) atoms. The highest BCUT2D eigenvalue weighted by Gasteiger charge is 2.19. The van der Waals surface area contributed by atoms with Gasteiger partial charge in [-0.25, -0.2) is 4.39 Å². The SMILES string of the molecule is CC(CC(=O)O)C(=O)c1ccc(Cl)c(F)c1. The third-order valence-electron chi connectivity index (χ3n) is 2.13. The van der Waals surface area contributed by atoms with Gasteiger partial charge in [0, 0.05) is 11.5 Å². The molecule has 0 bridgehead atoms. The summed E-state index contributed by atoms with van der Waals surface area (Å²) in [5, 5.41) is 8.46. The number of rotatable bonds is 4. The lowest BCUT2D eigenvalue weighted by Gasteiger charge is -2.07. The third-order valence-corrected chi connectivity index (χ3v) is 2.44. The molecule has 0 fully saturated rings. The van der Waals surface area contributed by atoms with Gasteiger partial charge in [-0.1, -0.05) is 18.5 Å². The molecule has 0 aromatic heterocycles. The van der Waals surface area contributed by atoms with Crippen LogP contribution in [0.2, 0.25) is 5.02 Å². The van der Waals surface area contributed by atoms with E-state index in [0.717, 1.165) is 6.07 Å². The minimum Gasteiger partial charge on any atom is -0.481 e. The van der Waals surface area contributed by atoms with E-state index in [2.05, 4.69) is 0 Å². The van der Waals surface area contributed by atoms with Crippen LogP contribution in [0.5, 0.6) is 0 Å². The summed E-state index contributed by atoms with van der Waals surface area (Å²) in [5.41, 5.74) is 0.135. The molecule has 0 aliphatic carbocycles. The van der Waals surface area contributed by atoms with Crippen LogP contribution in [0.1, 0.15) is 23.7 Å². The Hall–Kier alpha value is -1.42. The van der Waals surface area contributed by atoms with Crippen LogP contribution in [0.15, 0.2) is 18.2 Å². The van der Waals surface area contributed by atoms with Crippen LogP contribution in [0.25, 0.3) is 0 Å². The number of hydrogen-bond acceptors (Lipinski definition) is 2. The lowest BCUT2D eigenvalue weighted by Crippen LogP contribution is -2.15. The van der Waals surface area contributed by atoms with E-state index in [0.29, 0.717) is 0 Å². The molecule has 0 spiro atoms. The highest BCUT2D eigenvalue weighted by molar-refractivity contribution is 6.30. The van der Waals surface area contributed by atoms with Crippen LogP contribution in [-0.4, -0.2) is 16.9 Å². The summed E-state index contributed by atoms with van der Waals surface area (Å²) in [6.07, 6.45) is -0.275. The van der Waals surface area contributed by atoms with Crippen LogP contribution in [0, 0.1) is 11.7 Å². The van der Waals surface area contributed by atoms with Crippen LogP contribution in [0.4, 0.5) is 4.39 Å². The van der Waals surface area contributed by atoms with Gasteiger partial charge in [0.25, 0.3) is 0 Å². The Labute approximate surface area is 96.8 Å². The van der Waals surface area contributed by atoms with Crippen LogP contribution >= 0.6 is 11.6 Å². The summed E-state index contributed by atoms with van der Waals surface area (Å²) in [7, 11) is 0. The number of carboxylic acid groups (broad SMARTS) is 1. The van der Waals surface area contributed by atoms with Crippen molar-refractivity contribution < 1.29 is 19.1 Å². The Morgan fingerprint density at radius 1 is 1.50 bits per heavy atom. The first-order valence-corrected chi connectivity index (χ1v) is 5.00. The zero-order chi connectivity index (χ0) is 12.3. The normalized spacial score (nSPS) is 12.2. The zero-order valence-electron chi connectivity index (χ0n) is 8.54. The number of carbonyl (C=O) groups is 2. The fraction of sp³-hybridized carbons (Fsp3) is 0.273. The molecule has 86 valence electrons. The van der Waals surface area contributed by atoms with Gasteiger partial charge < -0.3 is 5.11 Å². The lowest BCUT2D eigenvalue weighted by molar-refractivity contribution is -0.137. The average Bonchev–Trinajstić information content (AvgIpc) is 2.20. The molecule has 0 saturated heterocycles. The maximum absolute atomic E-state index is 13.1. The average molecular weight is 245 g/mol. The standard InChI is InChI=1S/C11H10ClFO3/c1-6(4-10(14)15)11(16)7-2-3-8(12)9(13)5-7/h2-3,5-6H,4H2,1H3,(H,14,15). The molecule has 1 aromatic carbocycles. The van der Waals surface area contributed by atoms with Gasteiger partial charge in [0.05, 0.1) is 11.4 Å². The first kappa shape index (κ1) is 12.6. The van der Waals surface area contributed by atoms with E-state index in [1.54, 1.807) is 0 Å². The minimum absolute atomic E-state index is 0.0672. The molecule has 0 aliphatic heterocycles. The minimum atomic E-state index is -1.06. The third kappa shape index (κ3) is 3.03. The Kier molecular flexibility index (Phi) is 4.01. The Morgan fingerprint density at radius 3 is 2.62 bits per heavy atom. The number of Topliss-reactive ketones (excluding diaryl/α,β-unsaturated/α-hetero) is 1. The molecule has 0 radical (unpaired) electrons. The second-order valence-electron chi connectivity index (χ2n) is 3.49. The van der Waals surface area contributed by atoms with Crippen molar-refractivity contribution in [1.82, 2.24) is 0 Å². The molecule has 3 nitrogen and oxygen atoms in total. The summed E-state index contributed by atoms with van der Waals surface area (Å²) < 4.78 is 13.1. The number of carbonyl (C=O) groups excluding carboxylic acids is 1. The van der Waals surface area contributed by atoms with Gasteiger partial charge in [-0.2, -0.15) is 0 Å². The Bertz CT molecular complexity index is 431. The smallest absolute Gasteiger partial charge is 0.304 e. The number of carboxylic acids is 1. The molecule has 1 N–H and O–H groups in total. The largest absolute Gasteiger partial charge is 0.481 e. The molecular weight excluding hydrogens is 235 g/mol. The summed E-state index contributed by atoms with van der Waals surface area (Å²) in [6, 6.07) is 3.67. The summed E-state index contributed by atoms with van der Waals surface area (Å²) in [4.78, 5) is 22.1. The number of aliphatic carboxylic acids is 1. The van der Waals surface area contributed by atoms with Crippen molar-refractivity contribution in [2.45, 2.75) is 13.3 Å². The fourth-order valence-electron chi connectivity index (χ4n) is 1.29. The van der Waals surface area contributed by atoms with Gasteiger partial charge in [0.1, 0.15) is 5.82 Å². The molecule has 1 atom stereocenters. The van der Waals surface area contributed by atoms with Crippen molar-refractivity contribution in [3.05, 3.63) is 34.6 Å². The van der Waals surface area contributed by atoms with Gasteiger partial charge in [0.15, 0.2) is 5.78 Å². The van der Waals surface area contributed by atoms with Crippen molar-refractivity contribution >= 4 is 23.4 Å². The second-order valence-corrected chi connectivity index (χ2v) is 3.90. The Morgan fingerprint density at radius 2 is 2.12 bits per heavy atom. The number of benzene rings is 1. The molecule has 0 saturated carbocycles. The first-order valence-electron chi connectivity index (χ1n) is 4.63. The lowest BCUT2D eigenvalue weighted by atomic mass is 9.96. The van der Waals surface area contributed by atoms with Gasteiger partial charge in [-0.15, -0.1) is 0 Å². The van der Waals surface area contributed by atoms with Gasteiger partial charge in [-0.3, -0.25) is 9.59 Å². The highest BCUT2D eigenvalue weighted by Crippen LogP contribution is 2.18. The molecule has 1 unspecified atom stereocenters. The summed E-state index contributed by atoms with van der Waals surface area (Å²) in [6.45, 7) is 1.49. The van der Waals surface area contributed by atoms with E-state index in [9.17, 15) is 14.0 Å². The molecule has 5 heteroatoms. The number of ketones is 1. The van der Waals surface area contributed by atoms with E-state index < -0.39 is 23.5 Å². The van der Waals surface area contributed by atoms with E-state index in [1.165, 1.54) is 19.1 Å². The molecule has 0 heterocycles. The van der Waals surface area contributed by atoms with Crippen molar-refractivity contribution in [3.8, 4) is 0 Å². The summed E-state index contributed by atoms with van der Waals surface area (Å²) >= 11 is 5.47. The van der Waals surface area contributed by atoms with Gasteiger partial charge >= 0.3 is 5.97 Å².